The molecular weight excluding hydrogens is 286 g/mol. The Morgan fingerprint density at radius 2 is 2.00 bits per heavy atom. The minimum absolute atomic E-state index is 0.0958. The molecule has 2 aromatic rings. The Morgan fingerprint density at radius 1 is 1.24 bits per heavy atom. The molecule has 1 aromatic heterocycles. The number of β-amino-alcohol motifs (C(OH)–C–C–N with tert-alkyl or cyclic N) is 1. The number of carbonyl (C=O) groups excluding carboxylic acids is 1. The summed E-state index contributed by atoms with van der Waals surface area (Å²) in [6, 6.07) is 7.66. The standard InChI is InChI=1S/C15H19N3O2S/c16-12-1-2-13-11(9-12)10-14(21-13)15(20)18-5-3-17(4-6-18)7-8-19/h1-2,9-10,19H,3-8,16H2. The fourth-order valence-corrected chi connectivity index (χ4v) is 3.65. The van der Waals surface area contributed by atoms with Gasteiger partial charge in [-0.1, -0.05) is 0 Å². The Bertz CT molecular complexity index is 647. The highest BCUT2D eigenvalue weighted by atomic mass is 32.1. The van der Waals surface area contributed by atoms with Crippen molar-refractivity contribution in [1.82, 2.24) is 9.80 Å². The summed E-state index contributed by atoms with van der Waals surface area (Å²) in [5, 5.41) is 9.97. The lowest BCUT2D eigenvalue weighted by Gasteiger charge is -2.34. The number of piperazine rings is 1. The Morgan fingerprint density at radius 3 is 2.71 bits per heavy atom. The minimum Gasteiger partial charge on any atom is -0.399 e. The number of fused-ring (bicyclic) bond motifs is 1. The summed E-state index contributed by atoms with van der Waals surface area (Å²) in [5.74, 6) is 0.0958. The lowest BCUT2D eigenvalue weighted by molar-refractivity contribution is 0.0619. The lowest BCUT2D eigenvalue weighted by Crippen LogP contribution is -2.49. The van der Waals surface area contributed by atoms with Crippen molar-refractivity contribution < 1.29 is 9.90 Å². The molecule has 1 aliphatic heterocycles. The molecule has 0 radical (unpaired) electrons. The van der Waals surface area contributed by atoms with Gasteiger partial charge in [0.15, 0.2) is 0 Å². The van der Waals surface area contributed by atoms with Gasteiger partial charge in [-0.3, -0.25) is 9.69 Å². The van der Waals surface area contributed by atoms with Gasteiger partial charge in [0.25, 0.3) is 5.91 Å². The van der Waals surface area contributed by atoms with Gasteiger partial charge in [-0.15, -0.1) is 11.3 Å². The van der Waals surface area contributed by atoms with Crippen molar-refractivity contribution in [2.24, 2.45) is 0 Å². The highest BCUT2D eigenvalue weighted by Gasteiger charge is 2.23. The molecule has 1 saturated heterocycles. The number of nitrogens with zero attached hydrogens (tertiary/aromatic N) is 2. The van der Waals surface area contributed by atoms with E-state index in [0.29, 0.717) is 6.54 Å². The summed E-state index contributed by atoms with van der Waals surface area (Å²) in [6.45, 7) is 3.94. The van der Waals surface area contributed by atoms with Gasteiger partial charge in [0, 0.05) is 43.1 Å². The lowest BCUT2D eigenvalue weighted by atomic mass is 10.2. The molecule has 6 heteroatoms. The number of carbonyl (C=O) groups is 1. The average molecular weight is 305 g/mol. The van der Waals surface area contributed by atoms with Gasteiger partial charge in [-0.25, -0.2) is 0 Å². The number of hydrogen-bond acceptors (Lipinski definition) is 5. The highest BCUT2D eigenvalue weighted by Crippen LogP contribution is 2.28. The molecule has 1 aliphatic rings. The van der Waals surface area contributed by atoms with Gasteiger partial charge in [0.2, 0.25) is 0 Å². The smallest absolute Gasteiger partial charge is 0.264 e. The zero-order chi connectivity index (χ0) is 14.8. The largest absolute Gasteiger partial charge is 0.399 e. The second-order valence-corrected chi connectivity index (χ2v) is 6.35. The zero-order valence-corrected chi connectivity index (χ0v) is 12.6. The predicted octanol–water partition coefficient (Wildman–Crippen LogP) is 1.23. The van der Waals surface area contributed by atoms with Crippen LogP contribution in [0.15, 0.2) is 24.3 Å². The van der Waals surface area contributed by atoms with Gasteiger partial charge in [-0.05, 0) is 29.7 Å². The van der Waals surface area contributed by atoms with Crippen molar-refractivity contribution in [1.29, 1.82) is 0 Å². The van der Waals surface area contributed by atoms with Crippen LogP contribution in [0.5, 0.6) is 0 Å². The highest BCUT2D eigenvalue weighted by molar-refractivity contribution is 7.20. The van der Waals surface area contributed by atoms with E-state index in [4.69, 9.17) is 10.8 Å². The fraction of sp³-hybridized carbons (Fsp3) is 0.400. The number of hydrogen-bond donors (Lipinski definition) is 2. The van der Waals surface area contributed by atoms with Crippen LogP contribution in [0.3, 0.4) is 0 Å². The molecule has 0 unspecified atom stereocenters. The third-order valence-corrected chi connectivity index (χ3v) is 4.93. The molecule has 0 bridgehead atoms. The van der Waals surface area contributed by atoms with Crippen LogP contribution in [0.1, 0.15) is 9.67 Å². The van der Waals surface area contributed by atoms with E-state index in [-0.39, 0.29) is 12.5 Å². The maximum Gasteiger partial charge on any atom is 0.264 e. The summed E-state index contributed by atoms with van der Waals surface area (Å²) < 4.78 is 1.09. The van der Waals surface area contributed by atoms with Crippen molar-refractivity contribution in [2.45, 2.75) is 0 Å². The molecule has 1 amide bonds. The van der Waals surface area contributed by atoms with Crippen molar-refractivity contribution in [3.8, 4) is 0 Å². The molecule has 3 rings (SSSR count). The number of anilines is 1. The van der Waals surface area contributed by atoms with Crippen LogP contribution >= 0.6 is 11.3 Å². The van der Waals surface area contributed by atoms with Crippen LogP contribution < -0.4 is 5.73 Å². The summed E-state index contributed by atoms with van der Waals surface area (Å²) in [4.78, 5) is 17.4. The molecule has 2 heterocycles. The van der Waals surface area contributed by atoms with Crippen LogP contribution in [-0.4, -0.2) is 60.1 Å². The number of aliphatic hydroxyl groups excluding tert-OH is 1. The second kappa shape index (κ2) is 6.01. The first kappa shape index (κ1) is 14.3. The van der Waals surface area contributed by atoms with E-state index >= 15 is 0 Å². The number of nitrogens with two attached hydrogens (primary N) is 1. The number of amides is 1. The van der Waals surface area contributed by atoms with Crippen molar-refractivity contribution >= 4 is 33.0 Å². The van der Waals surface area contributed by atoms with Gasteiger partial charge < -0.3 is 15.7 Å². The van der Waals surface area contributed by atoms with E-state index in [1.807, 2.05) is 29.2 Å². The van der Waals surface area contributed by atoms with E-state index in [9.17, 15) is 4.79 Å². The third-order valence-electron chi connectivity index (χ3n) is 3.83. The number of nitrogen functional groups attached to an aromatic ring is 1. The van der Waals surface area contributed by atoms with E-state index in [1.54, 1.807) is 0 Å². The summed E-state index contributed by atoms with van der Waals surface area (Å²) in [7, 11) is 0. The summed E-state index contributed by atoms with van der Waals surface area (Å²) >= 11 is 1.52. The van der Waals surface area contributed by atoms with E-state index in [0.717, 1.165) is 46.8 Å². The van der Waals surface area contributed by atoms with Gasteiger partial charge in [0.1, 0.15) is 0 Å². The molecule has 0 saturated carbocycles. The Labute approximate surface area is 127 Å². The quantitative estimate of drug-likeness (QED) is 0.837. The number of rotatable bonds is 3. The van der Waals surface area contributed by atoms with E-state index < -0.39 is 0 Å². The molecule has 0 spiro atoms. The first-order chi connectivity index (χ1) is 10.2. The Balaban J connectivity index is 1.72. The molecule has 1 aromatic carbocycles. The first-order valence-electron chi connectivity index (χ1n) is 7.09. The topological polar surface area (TPSA) is 69.8 Å². The van der Waals surface area contributed by atoms with Crippen molar-refractivity contribution in [3.05, 3.63) is 29.1 Å². The maximum atomic E-state index is 12.6. The second-order valence-electron chi connectivity index (χ2n) is 5.27. The molecule has 1 fully saturated rings. The van der Waals surface area contributed by atoms with Crippen LogP contribution in [0, 0.1) is 0 Å². The molecule has 3 N–H and O–H groups in total. The van der Waals surface area contributed by atoms with E-state index in [2.05, 4.69) is 4.90 Å². The average Bonchev–Trinajstić information content (AvgIpc) is 2.90. The molecule has 112 valence electrons. The van der Waals surface area contributed by atoms with Crippen LogP contribution in [0.25, 0.3) is 10.1 Å². The molecular formula is C15H19N3O2S. The minimum atomic E-state index is 0.0958. The zero-order valence-electron chi connectivity index (χ0n) is 11.8. The van der Waals surface area contributed by atoms with Crippen molar-refractivity contribution in [3.63, 3.8) is 0 Å². The fourth-order valence-electron chi connectivity index (χ4n) is 2.64. The molecule has 0 atom stereocenters. The maximum absolute atomic E-state index is 12.6. The summed E-state index contributed by atoms with van der Waals surface area (Å²) in [6.07, 6.45) is 0. The number of aliphatic hydroxyl groups is 1. The van der Waals surface area contributed by atoms with Gasteiger partial charge >= 0.3 is 0 Å². The van der Waals surface area contributed by atoms with E-state index in [1.165, 1.54) is 11.3 Å². The molecule has 21 heavy (non-hydrogen) atoms. The van der Waals surface area contributed by atoms with Crippen LogP contribution in [-0.2, 0) is 0 Å². The number of thiophene rings is 1. The van der Waals surface area contributed by atoms with Crippen molar-refractivity contribution in [2.75, 3.05) is 45.1 Å². The third kappa shape index (κ3) is 3.02. The van der Waals surface area contributed by atoms with Crippen LogP contribution in [0.4, 0.5) is 5.69 Å². The Hall–Kier alpha value is -1.63. The SMILES string of the molecule is Nc1ccc2sc(C(=O)N3CCN(CCO)CC3)cc2c1. The van der Waals surface area contributed by atoms with Crippen LogP contribution in [0.2, 0.25) is 0 Å². The molecule has 5 nitrogen and oxygen atoms in total. The normalized spacial score (nSPS) is 16.5. The Kier molecular flexibility index (Phi) is 4.10. The molecule has 0 aliphatic carbocycles. The predicted molar refractivity (Wildman–Crippen MR) is 85.7 cm³/mol. The first-order valence-corrected chi connectivity index (χ1v) is 7.90. The van der Waals surface area contributed by atoms with Gasteiger partial charge in [-0.2, -0.15) is 0 Å². The monoisotopic (exact) mass is 305 g/mol. The summed E-state index contributed by atoms with van der Waals surface area (Å²) in [5.41, 5.74) is 6.50. The number of benzene rings is 1. The van der Waals surface area contributed by atoms with Gasteiger partial charge in [0.05, 0.1) is 11.5 Å².